The highest BCUT2D eigenvalue weighted by Crippen LogP contribution is 2.30. The van der Waals surface area contributed by atoms with E-state index in [2.05, 4.69) is 20.4 Å². The lowest BCUT2D eigenvalue weighted by Gasteiger charge is -2.07. The lowest BCUT2D eigenvalue weighted by molar-refractivity contribution is 0.102. The summed E-state index contributed by atoms with van der Waals surface area (Å²) in [5, 5.41) is 8.17. The van der Waals surface area contributed by atoms with E-state index >= 15 is 0 Å². The number of fused-ring (bicyclic) bond motifs is 2. The predicted molar refractivity (Wildman–Crippen MR) is 116 cm³/mol. The van der Waals surface area contributed by atoms with Gasteiger partial charge in [0.2, 0.25) is 5.13 Å². The Morgan fingerprint density at radius 3 is 2.83 bits per heavy atom. The topological polar surface area (TPSA) is 86.3 Å². The van der Waals surface area contributed by atoms with Gasteiger partial charge in [0.25, 0.3) is 5.91 Å². The second-order valence-corrected chi connectivity index (χ2v) is 7.85. The fourth-order valence-corrected chi connectivity index (χ4v) is 4.37. The number of thiazole rings is 1. The van der Waals surface area contributed by atoms with Crippen LogP contribution in [0.1, 0.15) is 21.9 Å². The molecule has 0 aliphatic rings. The van der Waals surface area contributed by atoms with E-state index < -0.39 is 0 Å². The zero-order valence-corrected chi connectivity index (χ0v) is 17.4. The number of imidazole rings is 1. The van der Waals surface area contributed by atoms with Crippen molar-refractivity contribution in [2.24, 2.45) is 0 Å². The largest absolute Gasteiger partial charge is 0.497 e. The molecule has 1 aromatic carbocycles. The molecule has 9 heteroatoms. The van der Waals surface area contributed by atoms with Crippen molar-refractivity contribution in [3.05, 3.63) is 65.7 Å². The number of methoxy groups -OCH3 is 1. The molecule has 1 amide bonds. The third-order valence-electron chi connectivity index (χ3n) is 4.76. The molecule has 4 heterocycles. The fourth-order valence-electron chi connectivity index (χ4n) is 3.41. The van der Waals surface area contributed by atoms with Crippen molar-refractivity contribution in [1.82, 2.24) is 24.1 Å². The Morgan fingerprint density at radius 2 is 2.00 bits per heavy atom. The molecule has 0 atom stereocenters. The van der Waals surface area contributed by atoms with Crippen LogP contribution in [-0.4, -0.2) is 37.2 Å². The molecule has 8 nitrogen and oxygen atoms in total. The van der Waals surface area contributed by atoms with Gasteiger partial charge in [0.05, 0.1) is 28.7 Å². The zero-order chi connectivity index (χ0) is 20.8. The molecular formula is C21H18N6O2S. The van der Waals surface area contributed by atoms with Crippen molar-refractivity contribution in [2.45, 2.75) is 13.8 Å². The lowest BCUT2D eigenvalue weighted by atomic mass is 10.3. The van der Waals surface area contributed by atoms with E-state index in [1.807, 2.05) is 62.5 Å². The lowest BCUT2D eigenvalue weighted by Crippen LogP contribution is -2.18. The second kappa shape index (κ2) is 6.96. The van der Waals surface area contributed by atoms with Gasteiger partial charge >= 0.3 is 0 Å². The first-order chi connectivity index (χ1) is 14.5. The SMILES string of the molecule is COc1ccc2nc(-n3nc(C)cc3NC(=O)c3c(C)nc4ccccn34)sc2c1. The Balaban J connectivity index is 1.54. The van der Waals surface area contributed by atoms with Gasteiger partial charge in [0.15, 0.2) is 0 Å². The van der Waals surface area contributed by atoms with Gasteiger partial charge in [0, 0.05) is 12.3 Å². The third-order valence-corrected chi connectivity index (χ3v) is 5.75. The number of hydrogen-bond donors (Lipinski definition) is 1. The van der Waals surface area contributed by atoms with Gasteiger partial charge in [-0.25, -0.2) is 9.97 Å². The monoisotopic (exact) mass is 418 g/mol. The normalized spacial score (nSPS) is 11.3. The van der Waals surface area contributed by atoms with Crippen LogP contribution >= 0.6 is 11.3 Å². The van der Waals surface area contributed by atoms with Crippen LogP contribution in [0.25, 0.3) is 21.0 Å². The van der Waals surface area contributed by atoms with Gasteiger partial charge in [-0.3, -0.25) is 9.20 Å². The summed E-state index contributed by atoms with van der Waals surface area (Å²) in [4.78, 5) is 22.2. The summed E-state index contributed by atoms with van der Waals surface area (Å²) in [6.07, 6.45) is 1.83. The summed E-state index contributed by atoms with van der Waals surface area (Å²) in [7, 11) is 1.63. The van der Waals surface area contributed by atoms with Crippen LogP contribution in [0.4, 0.5) is 5.82 Å². The van der Waals surface area contributed by atoms with E-state index in [0.29, 0.717) is 22.3 Å². The Hall–Kier alpha value is -3.72. The molecule has 0 fully saturated rings. The molecule has 0 saturated carbocycles. The number of nitrogens with zero attached hydrogens (tertiary/aromatic N) is 5. The molecule has 5 rings (SSSR count). The third kappa shape index (κ3) is 3.00. The van der Waals surface area contributed by atoms with Crippen LogP contribution in [0.3, 0.4) is 0 Å². The first-order valence-corrected chi connectivity index (χ1v) is 10.1. The van der Waals surface area contributed by atoms with Gasteiger partial charge in [-0.15, -0.1) is 0 Å². The molecular weight excluding hydrogens is 400 g/mol. The number of anilines is 1. The number of ether oxygens (including phenoxy) is 1. The van der Waals surface area contributed by atoms with Crippen molar-refractivity contribution < 1.29 is 9.53 Å². The number of benzene rings is 1. The molecule has 0 spiro atoms. The first kappa shape index (κ1) is 18.3. The quantitative estimate of drug-likeness (QED) is 0.477. The highest BCUT2D eigenvalue weighted by Gasteiger charge is 2.20. The van der Waals surface area contributed by atoms with Gasteiger partial charge in [0.1, 0.15) is 22.9 Å². The number of nitrogens with one attached hydrogen (secondary N) is 1. The predicted octanol–water partition coefficient (Wildman–Crippen LogP) is 4.01. The van der Waals surface area contributed by atoms with Crippen LogP contribution in [0.15, 0.2) is 48.7 Å². The summed E-state index contributed by atoms with van der Waals surface area (Å²) in [6.45, 7) is 3.70. The highest BCUT2D eigenvalue weighted by atomic mass is 32.1. The number of aryl methyl sites for hydroxylation is 2. The molecule has 4 aromatic heterocycles. The molecule has 0 saturated heterocycles. The van der Waals surface area contributed by atoms with Gasteiger partial charge < -0.3 is 10.1 Å². The zero-order valence-electron chi connectivity index (χ0n) is 16.6. The Morgan fingerprint density at radius 1 is 1.13 bits per heavy atom. The van der Waals surface area contributed by atoms with E-state index in [1.165, 1.54) is 11.3 Å². The van der Waals surface area contributed by atoms with E-state index in [-0.39, 0.29) is 5.91 Å². The Labute approximate surface area is 175 Å². The maximum atomic E-state index is 13.1. The smallest absolute Gasteiger partial charge is 0.275 e. The minimum Gasteiger partial charge on any atom is -0.497 e. The van der Waals surface area contributed by atoms with Crippen molar-refractivity contribution in [1.29, 1.82) is 0 Å². The van der Waals surface area contributed by atoms with Gasteiger partial charge in [-0.05, 0) is 44.2 Å². The van der Waals surface area contributed by atoms with E-state index in [1.54, 1.807) is 16.2 Å². The van der Waals surface area contributed by atoms with E-state index in [0.717, 1.165) is 27.3 Å². The van der Waals surface area contributed by atoms with E-state index in [4.69, 9.17) is 4.74 Å². The molecule has 1 N–H and O–H groups in total. The van der Waals surface area contributed by atoms with Crippen molar-refractivity contribution in [2.75, 3.05) is 12.4 Å². The van der Waals surface area contributed by atoms with Crippen LogP contribution in [0.5, 0.6) is 5.75 Å². The summed E-state index contributed by atoms with van der Waals surface area (Å²) in [6, 6.07) is 13.2. The number of rotatable bonds is 4. The molecule has 0 unspecified atom stereocenters. The maximum absolute atomic E-state index is 13.1. The summed E-state index contributed by atoms with van der Waals surface area (Å²) < 4.78 is 9.71. The van der Waals surface area contributed by atoms with E-state index in [9.17, 15) is 4.79 Å². The molecule has 0 bridgehead atoms. The fraction of sp³-hybridized carbons (Fsp3) is 0.143. The minimum absolute atomic E-state index is 0.255. The van der Waals surface area contributed by atoms with Crippen molar-refractivity contribution in [3.63, 3.8) is 0 Å². The Kier molecular flexibility index (Phi) is 4.25. The van der Waals surface area contributed by atoms with Crippen LogP contribution in [-0.2, 0) is 0 Å². The number of pyridine rings is 1. The number of hydrogen-bond acceptors (Lipinski definition) is 6. The average molecular weight is 418 g/mol. The van der Waals surface area contributed by atoms with Crippen molar-refractivity contribution in [3.8, 4) is 10.9 Å². The maximum Gasteiger partial charge on any atom is 0.275 e. The number of carbonyl (C=O) groups is 1. The molecule has 0 radical (unpaired) electrons. The minimum atomic E-state index is -0.255. The highest BCUT2D eigenvalue weighted by molar-refractivity contribution is 7.20. The van der Waals surface area contributed by atoms with Gasteiger partial charge in [-0.1, -0.05) is 17.4 Å². The van der Waals surface area contributed by atoms with Crippen LogP contribution in [0.2, 0.25) is 0 Å². The summed E-state index contributed by atoms with van der Waals surface area (Å²) in [5.74, 6) is 1.06. The van der Waals surface area contributed by atoms with Crippen LogP contribution < -0.4 is 10.1 Å². The summed E-state index contributed by atoms with van der Waals surface area (Å²) >= 11 is 1.48. The average Bonchev–Trinajstić information content (AvgIpc) is 3.40. The molecule has 30 heavy (non-hydrogen) atoms. The number of aromatic nitrogens is 5. The first-order valence-electron chi connectivity index (χ1n) is 9.30. The van der Waals surface area contributed by atoms with Crippen molar-refractivity contribution >= 4 is 38.9 Å². The van der Waals surface area contributed by atoms with Crippen LogP contribution in [0, 0.1) is 13.8 Å². The molecule has 150 valence electrons. The second-order valence-electron chi connectivity index (χ2n) is 6.84. The standard InChI is InChI=1S/C21H18N6O2S/c1-12-10-18(24-20(28)19-13(2)22-17-6-4-5-9-26(17)19)27(25-12)21-23-15-8-7-14(29-3)11-16(15)30-21/h4-11H,1-3H3,(H,24,28). The number of amides is 1. The molecule has 0 aliphatic carbocycles. The Bertz CT molecular complexity index is 1410. The molecule has 0 aliphatic heterocycles. The van der Waals surface area contributed by atoms with Gasteiger partial charge in [-0.2, -0.15) is 9.78 Å². The number of carbonyl (C=O) groups excluding carboxylic acids is 1. The molecule has 5 aromatic rings. The summed E-state index contributed by atoms with van der Waals surface area (Å²) in [5.41, 5.74) is 3.50.